The van der Waals surface area contributed by atoms with Gasteiger partial charge in [0.15, 0.2) is 6.54 Å². The van der Waals surface area contributed by atoms with E-state index in [0.717, 1.165) is 19.4 Å². The van der Waals surface area contributed by atoms with E-state index in [1.165, 1.54) is 16.0 Å². The summed E-state index contributed by atoms with van der Waals surface area (Å²) in [6.45, 7) is 6.31. The number of benzene rings is 1. The molecule has 1 heterocycles. The maximum atomic E-state index is 9.77. The van der Waals surface area contributed by atoms with Crippen LogP contribution in [0.25, 0.3) is 0 Å². The van der Waals surface area contributed by atoms with Gasteiger partial charge in [-0.2, -0.15) is 5.26 Å². The van der Waals surface area contributed by atoms with Gasteiger partial charge in [-0.1, -0.05) is 19.9 Å². The molecule has 1 aliphatic carbocycles. The van der Waals surface area contributed by atoms with E-state index in [1.807, 2.05) is 6.07 Å². The van der Waals surface area contributed by atoms with Gasteiger partial charge in [0.05, 0.1) is 12.6 Å². The molecule has 1 aromatic rings. The number of piperidine rings is 1. The molecular weight excluding hydrogens is 272 g/mol. The first-order valence-corrected chi connectivity index (χ1v) is 7.10. The van der Waals surface area contributed by atoms with E-state index in [0.29, 0.717) is 24.3 Å². The molecule has 0 spiro atoms. The summed E-state index contributed by atoms with van der Waals surface area (Å²) in [4.78, 5) is 1.44. The molecule has 3 rings (SSSR count). The fourth-order valence-corrected chi connectivity index (χ4v) is 4.16. The van der Waals surface area contributed by atoms with Crippen molar-refractivity contribution in [2.75, 3.05) is 13.1 Å². The van der Waals surface area contributed by atoms with E-state index < -0.39 is 0 Å². The number of hydrogen-bond donors (Lipinski definition) is 2. The van der Waals surface area contributed by atoms with Crippen molar-refractivity contribution in [3.63, 3.8) is 0 Å². The van der Waals surface area contributed by atoms with Crippen LogP contribution in [-0.4, -0.2) is 24.2 Å². The van der Waals surface area contributed by atoms with E-state index in [-0.39, 0.29) is 17.8 Å². The molecule has 3 nitrogen and oxygen atoms in total. The van der Waals surface area contributed by atoms with E-state index in [9.17, 15) is 5.11 Å². The first-order chi connectivity index (χ1) is 9.06. The van der Waals surface area contributed by atoms with Gasteiger partial charge in [0, 0.05) is 24.2 Å². The van der Waals surface area contributed by atoms with Gasteiger partial charge in [-0.3, -0.25) is 0 Å². The normalized spacial score (nSPS) is 34.5. The molecule has 0 aromatic heterocycles. The predicted octanol–water partition coefficient (Wildman–Crippen LogP) is -1.97. The summed E-state index contributed by atoms with van der Waals surface area (Å²) in [7, 11) is 0. The van der Waals surface area contributed by atoms with Crippen molar-refractivity contribution in [3.8, 4) is 11.8 Å². The molecule has 2 N–H and O–H groups in total. The van der Waals surface area contributed by atoms with Crippen molar-refractivity contribution < 1.29 is 22.4 Å². The SMILES string of the molecule is C[C@H]1[C@H]2Cc3ccc(O)cc3[C@]1(C)CC[NH+]2CC#N.[Cl-]. The molecule has 1 aliphatic heterocycles. The Labute approximate surface area is 126 Å². The number of fused-ring (bicyclic) bond motifs is 4. The predicted molar refractivity (Wildman–Crippen MR) is 73.0 cm³/mol. The highest BCUT2D eigenvalue weighted by atomic mass is 35.5. The Morgan fingerprint density at radius 2 is 2.25 bits per heavy atom. The molecular formula is C16H21ClN2O. The number of nitrogens with zero attached hydrogens (tertiary/aromatic N) is 1. The Hall–Kier alpha value is -1.24. The summed E-state index contributed by atoms with van der Waals surface area (Å²) in [6, 6.07) is 8.68. The zero-order chi connectivity index (χ0) is 13.6. The van der Waals surface area contributed by atoms with Crippen LogP contribution in [0.2, 0.25) is 0 Å². The number of likely N-dealkylation sites (tertiary alicyclic amines) is 1. The summed E-state index contributed by atoms with van der Waals surface area (Å²) in [6.07, 6.45) is 2.13. The Morgan fingerprint density at radius 3 is 2.95 bits per heavy atom. The third kappa shape index (κ3) is 2.08. The average Bonchev–Trinajstić information content (AvgIpc) is 2.38. The number of phenols is 1. The van der Waals surface area contributed by atoms with Crippen LogP contribution < -0.4 is 17.3 Å². The van der Waals surface area contributed by atoms with E-state index in [4.69, 9.17) is 5.26 Å². The zero-order valence-electron chi connectivity index (χ0n) is 12.0. The van der Waals surface area contributed by atoms with Crippen LogP contribution >= 0.6 is 0 Å². The van der Waals surface area contributed by atoms with Crippen molar-refractivity contribution in [2.24, 2.45) is 5.92 Å². The lowest BCUT2D eigenvalue weighted by Crippen LogP contribution is -3.18. The van der Waals surface area contributed by atoms with Gasteiger partial charge in [-0.15, -0.1) is 0 Å². The van der Waals surface area contributed by atoms with Gasteiger partial charge < -0.3 is 22.4 Å². The summed E-state index contributed by atoms with van der Waals surface area (Å²) >= 11 is 0. The first-order valence-electron chi connectivity index (χ1n) is 7.10. The molecule has 1 unspecified atom stereocenters. The fraction of sp³-hybridized carbons (Fsp3) is 0.562. The van der Waals surface area contributed by atoms with Gasteiger partial charge in [-0.05, 0) is 23.3 Å². The van der Waals surface area contributed by atoms with Crippen LogP contribution in [0.1, 0.15) is 31.4 Å². The fourth-order valence-electron chi connectivity index (χ4n) is 4.16. The summed E-state index contributed by atoms with van der Waals surface area (Å²) in [5, 5.41) is 18.8. The molecule has 4 heteroatoms. The highest BCUT2D eigenvalue weighted by molar-refractivity contribution is 5.43. The average molecular weight is 293 g/mol. The van der Waals surface area contributed by atoms with Gasteiger partial charge in [-0.25, -0.2) is 0 Å². The van der Waals surface area contributed by atoms with Crippen LogP contribution in [0, 0.1) is 17.2 Å². The largest absolute Gasteiger partial charge is 1.00 e. The van der Waals surface area contributed by atoms with Crippen molar-refractivity contribution >= 4 is 0 Å². The summed E-state index contributed by atoms with van der Waals surface area (Å²) in [5.74, 6) is 0.927. The standard InChI is InChI=1S/C16H20N2O.ClH/c1-11-15-9-12-3-4-13(19)10-14(12)16(11,2)5-7-18(15)8-6-17;/h3-4,10-11,15,19H,5,7-9H2,1-2H3;1H/t11-,15+,16+;/m0./s1. The van der Waals surface area contributed by atoms with Crippen LogP contribution in [0.4, 0.5) is 0 Å². The highest BCUT2D eigenvalue weighted by Crippen LogP contribution is 2.45. The molecule has 0 radical (unpaired) electrons. The number of aromatic hydroxyl groups is 1. The summed E-state index contributed by atoms with van der Waals surface area (Å²) < 4.78 is 0. The minimum Gasteiger partial charge on any atom is -1.00 e. The van der Waals surface area contributed by atoms with Gasteiger partial charge >= 0.3 is 0 Å². The summed E-state index contributed by atoms with van der Waals surface area (Å²) in [5.41, 5.74) is 2.83. The number of nitriles is 1. The molecule has 4 atom stereocenters. The molecule has 0 saturated carbocycles. The molecule has 2 aliphatic rings. The first kappa shape index (κ1) is 15.2. The van der Waals surface area contributed by atoms with Crippen LogP contribution in [-0.2, 0) is 11.8 Å². The maximum absolute atomic E-state index is 9.77. The number of rotatable bonds is 1. The van der Waals surface area contributed by atoms with Gasteiger partial charge in [0.1, 0.15) is 11.8 Å². The molecule has 1 fully saturated rings. The Kier molecular flexibility index (Phi) is 4.00. The van der Waals surface area contributed by atoms with Crippen molar-refractivity contribution in [2.45, 2.75) is 38.1 Å². The van der Waals surface area contributed by atoms with E-state index in [2.05, 4.69) is 26.0 Å². The maximum Gasteiger partial charge on any atom is 0.165 e. The van der Waals surface area contributed by atoms with Crippen LogP contribution in [0.15, 0.2) is 18.2 Å². The zero-order valence-corrected chi connectivity index (χ0v) is 12.7. The number of quaternary nitrogens is 1. The Morgan fingerprint density at radius 1 is 1.50 bits per heavy atom. The van der Waals surface area contributed by atoms with E-state index >= 15 is 0 Å². The molecule has 2 bridgehead atoms. The molecule has 1 saturated heterocycles. The van der Waals surface area contributed by atoms with E-state index in [1.54, 1.807) is 6.07 Å². The minimum atomic E-state index is 0. The van der Waals surface area contributed by atoms with Crippen molar-refractivity contribution in [1.29, 1.82) is 5.26 Å². The Bertz CT molecular complexity index is 554. The minimum absolute atomic E-state index is 0. The van der Waals surface area contributed by atoms with Crippen molar-refractivity contribution in [3.05, 3.63) is 29.3 Å². The molecule has 0 amide bonds. The monoisotopic (exact) mass is 292 g/mol. The van der Waals surface area contributed by atoms with Crippen LogP contribution in [0.3, 0.4) is 0 Å². The second kappa shape index (κ2) is 5.27. The lowest BCUT2D eigenvalue weighted by molar-refractivity contribution is -0.930. The molecule has 20 heavy (non-hydrogen) atoms. The third-order valence-corrected chi connectivity index (χ3v) is 5.55. The topological polar surface area (TPSA) is 48.5 Å². The number of nitrogens with one attached hydrogen (secondary N) is 1. The second-order valence-corrected chi connectivity index (χ2v) is 6.35. The highest BCUT2D eigenvalue weighted by Gasteiger charge is 2.50. The smallest absolute Gasteiger partial charge is 0.165 e. The Balaban J connectivity index is 0.00000147. The number of halogens is 1. The van der Waals surface area contributed by atoms with Crippen LogP contribution in [0.5, 0.6) is 5.75 Å². The number of hydrogen-bond acceptors (Lipinski definition) is 2. The third-order valence-electron chi connectivity index (χ3n) is 5.55. The molecule has 108 valence electrons. The lowest BCUT2D eigenvalue weighted by Gasteiger charge is -2.51. The molecule has 1 aromatic carbocycles. The van der Waals surface area contributed by atoms with Gasteiger partial charge in [0.2, 0.25) is 0 Å². The van der Waals surface area contributed by atoms with Gasteiger partial charge in [0.25, 0.3) is 0 Å². The lowest BCUT2D eigenvalue weighted by atomic mass is 9.59. The number of phenolic OH excluding ortho intramolecular Hbond substituents is 1. The van der Waals surface area contributed by atoms with Crippen molar-refractivity contribution in [1.82, 2.24) is 0 Å². The second-order valence-electron chi connectivity index (χ2n) is 6.35. The quantitative estimate of drug-likeness (QED) is 0.590.